The van der Waals surface area contributed by atoms with Gasteiger partial charge in [-0.05, 0) is 31.0 Å². The first-order valence-corrected chi connectivity index (χ1v) is 10.7. The Hall–Kier alpha value is -2.17. The summed E-state index contributed by atoms with van der Waals surface area (Å²) >= 11 is 6.02. The monoisotopic (exact) mass is 429 g/mol. The van der Waals surface area contributed by atoms with Crippen molar-refractivity contribution in [3.8, 4) is 0 Å². The number of hydrogen-bond acceptors (Lipinski definition) is 6. The molecule has 0 aliphatic carbocycles. The Morgan fingerprint density at radius 2 is 1.86 bits per heavy atom. The van der Waals surface area contributed by atoms with Gasteiger partial charge >= 0.3 is 12.0 Å². The number of rotatable bonds is 5. The average Bonchev–Trinajstić information content (AvgIpc) is 3.12. The number of ether oxygens (including phenoxy) is 1. The molecular weight excluding hydrogens is 410 g/mol. The van der Waals surface area contributed by atoms with Crippen molar-refractivity contribution in [2.45, 2.75) is 24.2 Å². The number of benzene rings is 1. The number of carbonyl (C=O) groups excluding carboxylic acids is 3. The molecule has 3 rings (SSSR count). The Kier molecular flexibility index (Phi) is 6.21. The Balaban J connectivity index is 1.72. The van der Waals surface area contributed by atoms with Crippen molar-refractivity contribution >= 4 is 39.5 Å². The number of hydrogen-bond donors (Lipinski definition) is 1. The molecule has 0 radical (unpaired) electrons. The molecule has 0 atom stereocenters. The van der Waals surface area contributed by atoms with Gasteiger partial charge in [-0.1, -0.05) is 18.0 Å². The van der Waals surface area contributed by atoms with Crippen molar-refractivity contribution in [1.82, 2.24) is 14.5 Å². The zero-order valence-corrected chi connectivity index (χ0v) is 16.6. The highest BCUT2D eigenvalue weighted by molar-refractivity contribution is 7.89. The fraction of sp³-hybridized carbons (Fsp3) is 0.471. The SMILES string of the molecule is O=C(OCC(=O)N1CCNC1=O)c1cc(S(=O)(=O)N2CCCCC2)ccc1Cl. The van der Waals surface area contributed by atoms with E-state index in [4.69, 9.17) is 16.3 Å². The second-order valence-corrected chi connectivity index (χ2v) is 8.80. The number of halogens is 1. The average molecular weight is 430 g/mol. The summed E-state index contributed by atoms with van der Waals surface area (Å²) in [6.45, 7) is 0.736. The van der Waals surface area contributed by atoms with Crippen molar-refractivity contribution in [2.24, 2.45) is 0 Å². The van der Waals surface area contributed by atoms with Gasteiger partial charge in [0.25, 0.3) is 5.91 Å². The molecule has 1 N–H and O–H groups in total. The highest BCUT2D eigenvalue weighted by Gasteiger charge is 2.29. The topological polar surface area (TPSA) is 113 Å². The number of imide groups is 1. The van der Waals surface area contributed by atoms with Crippen LogP contribution in [0.25, 0.3) is 0 Å². The lowest BCUT2D eigenvalue weighted by Gasteiger charge is -2.26. The number of esters is 1. The zero-order chi connectivity index (χ0) is 20.3. The zero-order valence-electron chi connectivity index (χ0n) is 15.0. The predicted octanol–water partition coefficient (Wildman–Crippen LogP) is 1.22. The van der Waals surface area contributed by atoms with Crippen molar-refractivity contribution in [2.75, 3.05) is 32.8 Å². The summed E-state index contributed by atoms with van der Waals surface area (Å²) < 4.78 is 31.9. The van der Waals surface area contributed by atoms with Crippen LogP contribution in [-0.4, -0.2) is 68.3 Å². The highest BCUT2D eigenvalue weighted by atomic mass is 35.5. The third-order valence-electron chi connectivity index (χ3n) is 4.60. The van der Waals surface area contributed by atoms with E-state index in [1.165, 1.54) is 16.4 Å². The van der Waals surface area contributed by atoms with Gasteiger partial charge in [0.15, 0.2) is 6.61 Å². The molecule has 1 aromatic carbocycles. The molecule has 0 spiro atoms. The number of sulfonamides is 1. The van der Waals surface area contributed by atoms with Crippen LogP contribution in [0.15, 0.2) is 23.1 Å². The summed E-state index contributed by atoms with van der Waals surface area (Å²) in [5, 5.41) is 2.48. The molecule has 0 saturated carbocycles. The third-order valence-corrected chi connectivity index (χ3v) is 6.82. The van der Waals surface area contributed by atoms with Gasteiger partial charge in [-0.2, -0.15) is 4.31 Å². The van der Waals surface area contributed by atoms with Gasteiger partial charge in [-0.15, -0.1) is 0 Å². The summed E-state index contributed by atoms with van der Waals surface area (Å²) in [7, 11) is -3.75. The van der Waals surface area contributed by atoms with Crippen LogP contribution in [0.3, 0.4) is 0 Å². The van der Waals surface area contributed by atoms with Gasteiger partial charge in [0.1, 0.15) is 0 Å². The summed E-state index contributed by atoms with van der Waals surface area (Å²) in [5.41, 5.74) is -0.154. The van der Waals surface area contributed by atoms with Crippen LogP contribution in [0.4, 0.5) is 4.79 Å². The molecule has 0 aromatic heterocycles. The maximum Gasteiger partial charge on any atom is 0.340 e. The third kappa shape index (κ3) is 4.29. The first-order chi connectivity index (χ1) is 13.3. The molecule has 2 heterocycles. The first-order valence-electron chi connectivity index (χ1n) is 8.86. The van der Waals surface area contributed by atoms with Crippen LogP contribution in [0.2, 0.25) is 5.02 Å². The number of nitrogens with one attached hydrogen (secondary N) is 1. The lowest BCUT2D eigenvalue weighted by Crippen LogP contribution is -2.37. The Bertz CT molecular complexity index is 898. The van der Waals surface area contributed by atoms with Crippen LogP contribution >= 0.6 is 11.6 Å². The first kappa shape index (κ1) is 20.6. The normalized spacial score (nSPS) is 18.0. The number of carbonyl (C=O) groups is 3. The van der Waals surface area contributed by atoms with Crippen LogP contribution in [0, 0.1) is 0 Å². The summed E-state index contributed by atoms with van der Waals surface area (Å²) in [4.78, 5) is 36.6. The molecule has 28 heavy (non-hydrogen) atoms. The van der Waals surface area contributed by atoms with Crippen LogP contribution < -0.4 is 5.32 Å². The minimum atomic E-state index is -3.75. The summed E-state index contributed by atoms with van der Waals surface area (Å²) in [6.07, 6.45) is 2.55. The van der Waals surface area contributed by atoms with E-state index in [9.17, 15) is 22.8 Å². The van der Waals surface area contributed by atoms with E-state index in [-0.39, 0.29) is 22.0 Å². The van der Waals surface area contributed by atoms with Crippen LogP contribution in [0.1, 0.15) is 29.6 Å². The molecule has 2 saturated heterocycles. The molecular formula is C17H20ClN3O6S. The molecule has 3 amide bonds. The largest absolute Gasteiger partial charge is 0.452 e. The van der Waals surface area contributed by atoms with Gasteiger partial charge in [-0.3, -0.25) is 9.69 Å². The quantitative estimate of drug-likeness (QED) is 0.704. The van der Waals surface area contributed by atoms with Gasteiger partial charge in [0.2, 0.25) is 10.0 Å². The van der Waals surface area contributed by atoms with Crippen molar-refractivity contribution in [1.29, 1.82) is 0 Å². The smallest absolute Gasteiger partial charge is 0.340 e. The lowest BCUT2D eigenvalue weighted by atomic mass is 10.2. The maximum absolute atomic E-state index is 12.8. The molecule has 2 fully saturated rings. The molecule has 0 bridgehead atoms. The van der Waals surface area contributed by atoms with E-state index in [2.05, 4.69) is 5.32 Å². The Labute approximate surface area is 167 Å². The van der Waals surface area contributed by atoms with Crippen molar-refractivity contribution in [3.05, 3.63) is 28.8 Å². The molecule has 2 aliphatic rings. The van der Waals surface area contributed by atoms with Crippen LogP contribution in [-0.2, 0) is 19.6 Å². The number of piperidine rings is 1. The minimum absolute atomic E-state index is 0.00830. The predicted molar refractivity (Wildman–Crippen MR) is 99.5 cm³/mol. The van der Waals surface area contributed by atoms with E-state index in [0.29, 0.717) is 19.6 Å². The van der Waals surface area contributed by atoms with Gasteiger partial charge in [0.05, 0.1) is 15.5 Å². The van der Waals surface area contributed by atoms with Gasteiger partial charge in [-0.25, -0.2) is 18.0 Å². The lowest BCUT2D eigenvalue weighted by molar-refractivity contribution is -0.130. The van der Waals surface area contributed by atoms with Crippen LogP contribution in [0.5, 0.6) is 0 Å². The maximum atomic E-state index is 12.8. The fourth-order valence-corrected chi connectivity index (χ4v) is 4.81. The van der Waals surface area contributed by atoms with Crippen molar-refractivity contribution < 1.29 is 27.5 Å². The second kappa shape index (κ2) is 8.46. The minimum Gasteiger partial charge on any atom is -0.452 e. The molecule has 1 aromatic rings. The van der Waals surface area contributed by atoms with E-state index in [1.807, 2.05) is 0 Å². The number of amides is 3. The van der Waals surface area contributed by atoms with E-state index in [1.54, 1.807) is 0 Å². The number of urea groups is 1. The Morgan fingerprint density at radius 3 is 2.50 bits per heavy atom. The Morgan fingerprint density at radius 1 is 1.14 bits per heavy atom. The molecule has 0 unspecified atom stereocenters. The van der Waals surface area contributed by atoms with Gasteiger partial charge < -0.3 is 10.1 Å². The van der Waals surface area contributed by atoms with E-state index in [0.717, 1.165) is 30.2 Å². The molecule has 9 nitrogen and oxygen atoms in total. The summed E-state index contributed by atoms with van der Waals surface area (Å²) in [5.74, 6) is -1.61. The molecule has 11 heteroatoms. The number of nitrogens with zero attached hydrogens (tertiary/aromatic N) is 2. The van der Waals surface area contributed by atoms with E-state index >= 15 is 0 Å². The van der Waals surface area contributed by atoms with E-state index < -0.39 is 34.5 Å². The van der Waals surface area contributed by atoms with Gasteiger partial charge in [0, 0.05) is 26.2 Å². The fourth-order valence-electron chi connectivity index (χ4n) is 3.07. The summed E-state index contributed by atoms with van der Waals surface area (Å²) in [6, 6.07) is 3.25. The standard InChI is InChI=1S/C17H20ClN3O6S/c18-14-5-4-12(28(25,26)20-7-2-1-3-8-20)10-13(14)16(23)27-11-15(22)21-9-6-19-17(21)24/h4-5,10H,1-3,6-9,11H2,(H,19,24). The second-order valence-electron chi connectivity index (χ2n) is 6.46. The highest BCUT2D eigenvalue weighted by Crippen LogP contribution is 2.25. The molecule has 152 valence electrons. The molecule has 2 aliphatic heterocycles. The van der Waals surface area contributed by atoms with Crippen molar-refractivity contribution in [3.63, 3.8) is 0 Å².